The van der Waals surface area contributed by atoms with Crippen LogP contribution in [0.15, 0.2) is 46.7 Å². The van der Waals surface area contributed by atoms with Crippen LogP contribution in [0.4, 0.5) is 5.69 Å². The van der Waals surface area contributed by atoms with Gasteiger partial charge in [0.1, 0.15) is 0 Å². The van der Waals surface area contributed by atoms with Gasteiger partial charge in [0.15, 0.2) is 0 Å². The Morgan fingerprint density at radius 1 is 1.10 bits per heavy atom. The number of fused-ring (bicyclic) bond motifs is 3. The van der Waals surface area contributed by atoms with Crippen LogP contribution in [0.25, 0.3) is 0 Å². The van der Waals surface area contributed by atoms with Gasteiger partial charge in [0.25, 0.3) is 0 Å². The predicted molar refractivity (Wildman–Crippen MR) is 119 cm³/mol. The molecule has 1 aliphatic carbocycles. The van der Waals surface area contributed by atoms with E-state index in [-0.39, 0.29) is 12.0 Å². The number of rotatable bonds is 3. The molecule has 29 heavy (non-hydrogen) atoms. The molecule has 0 spiro atoms. The highest BCUT2D eigenvalue weighted by Crippen LogP contribution is 2.51. The number of nitrogens with zero attached hydrogens (tertiary/aromatic N) is 1. The molecule has 1 saturated heterocycles. The van der Waals surface area contributed by atoms with Crippen molar-refractivity contribution in [3.8, 4) is 0 Å². The molecule has 4 nitrogen and oxygen atoms in total. The van der Waals surface area contributed by atoms with Gasteiger partial charge in [0, 0.05) is 29.6 Å². The molecule has 5 rings (SSSR count). The van der Waals surface area contributed by atoms with E-state index in [0.29, 0.717) is 23.9 Å². The van der Waals surface area contributed by atoms with Crippen LogP contribution in [-0.4, -0.2) is 25.8 Å². The normalized spacial score (nSPS) is 27.1. The molecule has 0 saturated carbocycles. The van der Waals surface area contributed by atoms with E-state index >= 15 is 0 Å². The second-order valence-electron chi connectivity index (χ2n) is 8.51. The Kier molecular flexibility index (Phi) is 5.04. The third-order valence-electron chi connectivity index (χ3n) is 6.72. The zero-order valence-corrected chi connectivity index (χ0v) is 18.4. The average molecular weight is 429 g/mol. The Labute approximate surface area is 177 Å². The largest absolute Gasteiger partial charge is 0.377 e. The Balaban J connectivity index is 1.51. The molecule has 1 fully saturated rings. The van der Waals surface area contributed by atoms with Crippen molar-refractivity contribution in [2.45, 2.75) is 55.9 Å². The minimum absolute atomic E-state index is 0.275. The molecule has 3 unspecified atom stereocenters. The first kappa shape index (κ1) is 19.3. The van der Waals surface area contributed by atoms with Crippen molar-refractivity contribution in [1.82, 2.24) is 4.31 Å². The SMILES string of the molecule is Cc1ccsc1C1Nc2ccc(S(=O)(=O)N3CCCCCC3)cc2C2C=CCC21. The van der Waals surface area contributed by atoms with Gasteiger partial charge in [-0.3, -0.25) is 0 Å². The fourth-order valence-corrected chi connectivity index (χ4v) is 7.73. The van der Waals surface area contributed by atoms with Gasteiger partial charge in [-0.1, -0.05) is 25.0 Å². The molecular formula is C23H28N2O2S2. The summed E-state index contributed by atoms with van der Waals surface area (Å²) in [6.07, 6.45) is 9.74. The first-order chi connectivity index (χ1) is 14.1. The standard InChI is InChI=1S/C23H28N2O2S2/c1-16-11-14-28-23(16)22-19-8-6-7-18(19)20-15-17(9-10-21(20)24-22)29(26,27)25-12-4-2-3-5-13-25/h6-7,9-11,14-15,18-19,22,24H,2-5,8,12-13H2,1H3. The molecule has 1 N–H and O–H groups in total. The number of anilines is 1. The van der Waals surface area contributed by atoms with E-state index in [1.54, 1.807) is 10.4 Å². The van der Waals surface area contributed by atoms with Crippen LogP contribution < -0.4 is 5.32 Å². The van der Waals surface area contributed by atoms with E-state index in [9.17, 15) is 8.42 Å². The van der Waals surface area contributed by atoms with Crippen molar-refractivity contribution in [2.24, 2.45) is 5.92 Å². The minimum Gasteiger partial charge on any atom is -0.377 e. The highest BCUT2D eigenvalue weighted by atomic mass is 32.2. The highest BCUT2D eigenvalue weighted by molar-refractivity contribution is 7.89. The van der Waals surface area contributed by atoms with E-state index in [1.165, 1.54) is 10.4 Å². The lowest BCUT2D eigenvalue weighted by atomic mass is 9.78. The Morgan fingerprint density at radius 2 is 1.90 bits per heavy atom. The third-order valence-corrected chi connectivity index (χ3v) is 9.72. The molecule has 3 atom stereocenters. The van der Waals surface area contributed by atoms with E-state index in [1.807, 2.05) is 23.5 Å². The molecule has 0 radical (unpaired) electrons. The summed E-state index contributed by atoms with van der Waals surface area (Å²) in [4.78, 5) is 1.85. The zero-order chi connectivity index (χ0) is 20.0. The summed E-state index contributed by atoms with van der Waals surface area (Å²) < 4.78 is 28.3. The van der Waals surface area contributed by atoms with Crippen molar-refractivity contribution in [3.05, 3.63) is 57.8 Å². The van der Waals surface area contributed by atoms with Crippen LogP contribution in [0.2, 0.25) is 0 Å². The van der Waals surface area contributed by atoms with E-state index in [2.05, 4.69) is 35.8 Å². The predicted octanol–water partition coefficient (Wildman–Crippen LogP) is 5.45. The van der Waals surface area contributed by atoms with Crippen molar-refractivity contribution >= 4 is 27.0 Å². The second kappa shape index (κ2) is 7.56. The van der Waals surface area contributed by atoms with Crippen LogP contribution in [0.3, 0.4) is 0 Å². The topological polar surface area (TPSA) is 49.4 Å². The first-order valence-electron chi connectivity index (χ1n) is 10.7. The number of aryl methyl sites for hydroxylation is 1. The molecule has 3 aliphatic rings. The van der Waals surface area contributed by atoms with Gasteiger partial charge in [0.2, 0.25) is 10.0 Å². The highest BCUT2D eigenvalue weighted by Gasteiger charge is 2.39. The maximum atomic E-state index is 13.3. The molecule has 1 aromatic heterocycles. The molecule has 2 aliphatic heterocycles. The van der Waals surface area contributed by atoms with Crippen LogP contribution in [-0.2, 0) is 10.0 Å². The number of sulfonamides is 1. The number of nitrogens with one attached hydrogen (secondary N) is 1. The maximum absolute atomic E-state index is 13.3. The molecule has 2 aromatic rings. The van der Waals surface area contributed by atoms with Crippen molar-refractivity contribution < 1.29 is 8.42 Å². The summed E-state index contributed by atoms with van der Waals surface area (Å²) in [6.45, 7) is 3.46. The molecule has 0 bridgehead atoms. The molecule has 3 heterocycles. The van der Waals surface area contributed by atoms with Gasteiger partial charge in [-0.2, -0.15) is 4.31 Å². The molecule has 154 valence electrons. The van der Waals surface area contributed by atoms with Gasteiger partial charge in [-0.25, -0.2) is 8.42 Å². The summed E-state index contributed by atoms with van der Waals surface area (Å²) in [5.41, 5.74) is 3.54. The van der Waals surface area contributed by atoms with Gasteiger partial charge in [0.05, 0.1) is 10.9 Å². The molecule has 1 aromatic carbocycles. The van der Waals surface area contributed by atoms with Gasteiger partial charge in [-0.05, 0) is 72.9 Å². The van der Waals surface area contributed by atoms with Crippen LogP contribution in [0.1, 0.15) is 60.1 Å². The fourth-order valence-electron chi connectivity index (χ4n) is 5.13. The molecule has 0 amide bonds. The monoisotopic (exact) mass is 428 g/mol. The van der Waals surface area contributed by atoms with Gasteiger partial charge >= 0.3 is 0 Å². The number of allylic oxidation sites excluding steroid dienone is 2. The van der Waals surface area contributed by atoms with E-state index < -0.39 is 10.0 Å². The lowest BCUT2D eigenvalue weighted by Gasteiger charge is -2.37. The Bertz CT molecular complexity index is 1030. The van der Waals surface area contributed by atoms with Crippen LogP contribution in [0, 0.1) is 12.8 Å². The molecule has 6 heteroatoms. The average Bonchev–Trinajstić information content (AvgIpc) is 3.28. The summed E-state index contributed by atoms with van der Waals surface area (Å²) in [5.74, 6) is 0.716. The van der Waals surface area contributed by atoms with E-state index in [0.717, 1.165) is 43.4 Å². The smallest absolute Gasteiger partial charge is 0.243 e. The first-order valence-corrected chi connectivity index (χ1v) is 13.0. The van der Waals surface area contributed by atoms with Gasteiger partial charge < -0.3 is 5.32 Å². The lowest BCUT2D eigenvalue weighted by Crippen LogP contribution is -2.33. The second-order valence-corrected chi connectivity index (χ2v) is 11.4. The fraction of sp³-hybridized carbons (Fsp3) is 0.478. The third kappa shape index (κ3) is 3.35. The van der Waals surface area contributed by atoms with Crippen molar-refractivity contribution in [2.75, 3.05) is 18.4 Å². The quantitative estimate of drug-likeness (QED) is 0.662. The maximum Gasteiger partial charge on any atom is 0.243 e. The lowest BCUT2D eigenvalue weighted by molar-refractivity contribution is 0.421. The summed E-state index contributed by atoms with van der Waals surface area (Å²) in [5, 5.41) is 5.90. The summed E-state index contributed by atoms with van der Waals surface area (Å²) in [6, 6.07) is 8.19. The van der Waals surface area contributed by atoms with E-state index in [4.69, 9.17) is 0 Å². The Morgan fingerprint density at radius 3 is 2.62 bits per heavy atom. The number of thiophene rings is 1. The number of hydrogen-bond acceptors (Lipinski definition) is 4. The van der Waals surface area contributed by atoms with Crippen LogP contribution in [0.5, 0.6) is 0 Å². The summed E-state index contributed by atoms with van der Waals surface area (Å²) in [7, 11) is -3.43. The summed E-state index contributed by atoms with van der Waals surface area (Å²) >= 11 is 1.81. The minimum atomic E-state index is -3.43. The van der Waals surface area contributed by atoms with Crippen LogP contribution >= 0.6 is 11.3 Å². The van der Waals surface area contributed by atoms with Crippen molar-refractivity contribution in [3.63, 3.8) is 0 Å². The van der Waals surface area contributed by atoms with Gasteiger partial charge in [-0.15, -0.1) is 11.3 Å². The Hall–Kier alpha value is -1.63. The number of hydrogen-bond donors (Lipinski definition) is 1. The van der Waals surface area contributed by atoms with Crippen molar-refractivity contribution in [1.29, 1.82) is 0 Å². The number of benzene rings is 1. The molecular weight excluding hydrogens is 400 g/mol. The zero-order valence-electron chi connectivity index (χ0n) is 16.8.